The Morgan fingerprint density at radius 3 is 2.35 bits per heavy atom. The molecule has 6 nitrogen and oxygen atoms in total. The highest BCUT2D eigenvalue weighted by Gasteiger charge is 2.20. The molecule has 0 bridgehead atoms. The van der Waals surface area contributed by atoms with E-state index >= 15 is 0 Å². The fourth-order valence-electron chi connectivity index (χ4n) is 2.46. The Hall–Kier alpha value is -2.21. The van der Waals surface area contributed by atoms with Gasteiger partial charge in [0.05, 0.1) is 5.69 Å². The number of hydrogen-bond acceptors (Lipinski definition) is 6. The Kier molecular flexibility index (Phi) is 3.73. The lowest BCUT2D eigenvalue weighted by Gasteiger charge is -2.36. The monoisotopic (exact) mass is 270 g/mol. The Labute approximate surface area is 118 Å². The maximum atomic E-state index is 5.73. The summed E-state index contributed by atoms with van der Waals surface area (Å²) in [6.07, 6.45) is 5.24. The average molecular weight is 270 g/mol. The van der Waals surface area contributed by atoms with Crippen LogP contribution in [0.3, 0.4) is 0 Å². The van der Waals surface area contributed by atoms with Crippen LogP contribution in [0.5, 0.6) is 0 Å². The second kappa shape index (κ2) is 5.83. The van der Waals surface area contributed by atoms with Crippen molar-refractivity contribution in [3.63, 3.8) is 0 Å². The maximum Gasteiger partial charge on any atom is 0.151 e. The highest BCUT2D eigenvalue weighted by atomic mass is 15.3. The van der Waals surface area contributed by atoms with Crippen molar-refractivity contribution in [3.05, 3.63) is 42.5 Å². The number of piperazine rings is 1. The summed E-state index contributed by atoms with van der Waals surface area (Å²) in [5.41, 5.74) is 6.59. The molecule has 3 rings (SSSR count). The van der Waals surface area contributed by atoms with Crippen LogP contribution in [0.15, 0.2) is 36.8 Å². The predicted octanol–water partition coefficient (Wildman–Crippen LogP) is 0.657. The molecule has 0 saturated carbocycles. The molecule has 0 aliphatic carbocycles. The molecule has 0 radical (unpaired) electrons. The normalized spacial score (nSPS) is 15.4. The summed E-state index contributed by atoms with van der Waals surface area (Å²) in [5.74, 6) is 1.95. The van der Waals surface area contributed by atoms with Gasteiger partial charge in [0.15, 0.2) is 5.82 Å². The van der Waals surface area contributed by atoms with E-state index in [0.29, 0.717) is 6.54 Å². The van der Waals surface area contributed by atoms with E-state index in [1.54, 1.807) is 12.4 Å². The topological polar surface area (TPSA) is 71.2 Å². The van der Waals surface area contributed by atoms with Crippen molar-refractivity contribution in [2.24, 2.45) is 5.73 Å². The number of nitrogens with zero attached hydrogens (tertiary/aromatic N) is 5. The van der Waals surface area contributed by atoms with Crippen molar-refractivity contribution in [3.8, 4) is 0 Å². The third-order valence-corrected chi connectivity index (χ3v) is 3.50. The van der Waals surface area contributed by atoms with Crippen molar-refractivity contribution in [1.29, 1.82) is 0 Å². The summed E-state index contributed by atoms with van der Waals surface area (Å²) < 4.78 is 0. The van der Waals surface area contributed by atoms with Crippen LogP contribution < -0.4 is 15.5 Å². The maximum absolute atomic E-state index is 5.73. The number of hydrogen-bond donors (Lipinski definition) is 1. The van der Waals surface area contributed by atoms with E-state index in [-0.39, 0.29) is 0 Å². The molecule has 0 atom stereocenters. The molecular weight excluding hydrogens is 252 g/mol. The van der Waals surface area contributed by atoms with Crippen LogP contribution in [0.2, 0.25) is 0 Å². The number of anilines is 2. The van der Waals surface area contributed by atoms with E-state index < -0.39 is 0 Å². The summed E-state index contributed by atoms with van der Waals surface area (Å²) in [4.78, 5) is 17.6. The van der Waals surface area contributed by atoms with E-state index in [2.05, 4.69) is 24.8 Å². The Morgan fingerprint density at radius 2 is 1.65 bits per heavy atom. The Balaban J connectivity index is 1.70. The minimum Gasteiger partial charge on any atom is -0.353 e. The minimum atomic E-state index is 0.420. The first-order valence-corrected chi connectivity index (χ1v) is 6.79. The quantitative estimate of drug-likeness (QED) is 0.883. The van der Waals surface area contributed by atoms with Crippen molar-refractivity contribution < 1.29 is 0 Å². The molecule has 20 heavy (non-hydrogen) atoms. The van der Waals surface area contributed by atoms with Gasteiger partial charge in [0.1, 0.15) is 5.82 Å². The fraction of sp³-hybridized carbons (Fsp3) is 0.357. The van der Waals surface area contributed by atoms with Crippen LogP contribution in [0.1, 0.15) is 5.69 Å². The zero-order chi connectivity index (χ0) is 13.8. The molecule has 6 heteroatoms. The Morgan fingerprint density at radius 1 is 0.900 bits per heavy atom. The lowest BCUT2D eigenvalue weighted by Crippen LogP contribution is -2.47. The van der Waals surface area contributed by atoms with Crippen LogP contribution in [0.4, 0.5) is 11.6 Å². The fourth-order valence-corrected chi connectivity index (χ4v) is 2.46. The summed E-state index contributed by atoms with van der Waals surface area (Å²) in [5, 5.41) is 0. The first-order chi connectivity index (χ1) is 9.88. The first kappa shape index (κ1) is 12.8. The molecule has 2 N–H and O–H groups in total. The summed E-state index contributed by atoms with van der Waals surface area (Å²) in [7, 11) is 0. The zero-order valence-electron chi connectivity index (χ0n) is 11.3. The van der Waals surface area contributed by atoms with Crippen molar-refractivity contribution in [2.75, 3.05) is 36.0 Å². The van der Waals surface area contributed by atoms with Gasteiger partial charge in [0.2, 0.25) is 0 Å². The predicted molar refractivity (Wildman–Crippen MR) is 78.6 cm³/mol. The Bertz CT molecular complexity index is 551. The van der Waals surface area contributed by atoms with Crippen LogP contribution in [-0.4, -0.2) is 41.1 Å². The van der Waals surface area contributed by atoms with Gasteiger partial charge < -0.3 is 15.5 Å². The molecule has 1 aliphatic heterocycles. The van der Waals surface area contributed by atoms with E-state index in [1.165, 1.54) is 0 Å². The van der Waals surface area contributed by atoms with E-state index in [4.69, 9.17) is 5.73 Å². The van der Waals surface area contributed by atoms with Gasteiger partial charge in [-0.15, -0.1) is 0 Å². The molecule has 0 aromatic carbocycles. The molecule has 1 aliphatic rings. The third kappa shape index (κ3) is 2.55. The standard InChI is InChI=1S/C14H18N6/c15-11-12-14(18-6-5-16-12)20-9-7-19(8-10-20)13-3-1-2-4-17-13/h1-6H,7-11,15H2. The minimum absolute atomic E-state index is 0.420. The first-order valence-electron chi connectivity index (χ1n) is 6.79. The molecule has 2 aromatic rings. The van der Waals surface area contributed by atoms with Crippen LogP contribution >= 0.6 is 0 Å². The van der Waals surface area contributed by atoms with Gasteiger partial charge in [0.25, 0.3) is 0 Å². The van der Waals surface area contributed by atoms with Gasteiger partial charge in [-0.05, 0) is 12.1 Å². The van der Waals surface area contributed by atoms with E-state index in [0.717, 1.165) is 43.5 Å². The number of rotatable bonds is 3. The second-order valence-corrected chi connectivity index (χ2v) is 4.69. The van der Waals surface area contributed by atoms with Crippen molar-refractivity contribution >= 4 is 11.6 Å². The SMILES string of the molecule is NCc1nccnc1N1CCN(c2ccccn2)CC1. The molecule has 2 aromatic heterocycles. The highest BCUT2D eigenvalue weighted by molar-refractivity contribution is 5.47. The van der Waals surface area contributed by atoms with Crippen LogP contribution in [0, 0.1) is 0 Å². The second-order valence-electron chi connectivity index (χ2n) is 4.69. The smallest absolute Gasteiger partial charge is 0.151 e. The molecule has 0 amide bonds. The van der Waals surface area contributed by atoms with Crippen molar-refractivity contribution in [2.45, 2.75) is 6.54 Å². The summed E-state index contributed by atoms with van der Waals surface area (Å²) in [6, 6.07) is 6.00. The number of pyridine rings is 1. The lowest BCUT2D eigenvalue weighted by atomic mass is 10.2. The highest BCUT2D eigenvalue weighted by Crippen LogP contribution is 2.19. The van der Waals surface area contributed by atoms with Crippen molar-refractivity contribution in [1.82, 2.24) is 15.0 Å². The summed E-state index contributed by atoms with van der Waals surface area (Å²) >= 11 is 0. The van der Waals surface area contributed by atoms with Gasteiger partial charge in [-0.3, -0.25) is 4.98 Å². The van der Waals surface area contributed by atoms with Gasteiger partial charge in [0, 0.05) is 51.3 Å². The van der Waals surface area contributed by atoms with Crippen LogP contribution in [-0.2, 0) is 6.54 Å². The van der Waals surface area contributed by atoms with Gasteiger partial charge >= 0.3 is 0 Å². The lowest BCUT2D eigenvalue weighted by molar-refractivity contribution is 0.637. The van der Waals surface area contributed by atoms with E-state index in [1.807, 2.05) is 24.4 Å². The molecular formula is C14H18N6. The van der Waals surface area contributed by atoms with Gasteiger partial charge in [-0.1, -0.05) is 6.07 Å². The van der Waals surface area contributed by atoms with E-state index in [9.17, 15) is 0 Å². The molecule has 104 valence electrons. The summed E-state index contributed by atoms with van der Waals surface area (Å²) in [6.45, 7) is 4.09. The van der Waals surface area contributed by atoms with Crippen LogP contribution in [0.25, 0.3) is 0 Å². The van der Waals surface area contributed by atoms with Gasteiger partial charge in [-0.2, -0.15) is 0 Å². The average Bonchev–Trinajstić information content (AvgIpc) is 2.56. The molecule has 0 unspecified atom stereocenters. The number of aromatic nitrogens is 3. The zero-order valence-corrected chi connectivity index (χ0v) is 11.3. The number of nitrogens with two attached hydrogens (primary N) is 1. The third-order valence-electron chi connectivity index (χ3n) is 3.50. The van der Waals surface area contributed by atoms with Gasteiger partial charge in [-0.25, -0.2) is 9.97 Å². The molecule has 3 heterocycles. The molecule has 0 spiro atoms. The molecule has 1 fully saturated rings. The largest absolute Gasteiger partial charge is 0.353 e. The molecule has 1 saturated heterocycles.